The number of aromatic nitrogens is 1. The Kier molecular flexibility index (Phi) is 5.17. The molecule has 0 aliphatic heterocycles. The number of benzene rings is 1. The van der Waals surface area contributed by atoms with Crippen LogP contribution in [0, 0.1) is 0 Å². The van der Waals surface area contributed by atoms with Crippen LogP contribution in [0.4, 0.5) is 0 Å². The van der Waals surface area contributed by atoms with Crippen LogP contribution in [0.2, 0.25) is 0 Å². The van der Waals surface area contributed by atoms with Gasteiger partial charge in [0.15, 0.2) is 0 Å². The van der Waals surface area contributed by atoms with E-state index in [9.17, 15) is 8.42 Å². The number of nitrogens with zero attached hydrogens (tertiary/aromatic N) is 1. The van der Waals surface area contributed by atoms with Gasteiger partial charge in [-0.05, 0) is 18.2 Å². The highest BCUT2D eigenvalue weighted by atomic mass is 32.2. The van der Waals surface area contributed by atoms with E-state index < -0.39 is 10.0 Å². The minimum absolute atomic E-state index is 0.300. The van der Waals surface area contributed by atoms with Gasteiger partial charge < -0.3 is 10.3 Å². The van der Waals surface area contributed by atoms with Crippen molar-refractivity contribution in [3.8, 4) is 0 Å². The zero-order valence-electron chi connectivity index (χ0n) is 12.3. The molecule has 2 aromatic rings. The van der Waals surface area contributed by atoms with Crippen molar-refractivity contribution in [1.82, 2.24) is 14.6 Å². The van der Waals surface area contributed by atoms with Crippen LogP contribution in [0.3, 0.4) is 0 Å². The van der Waals surface area contributed by atoms with Gasteiger partial charge in [0.25, 0.3) is 0 Å². The fraction of sp³-hybridized carbons (Fsp3) is 0.333. The highest BCUT2D eigenvalue weighted by Crippen LogP contribution is 2.17. The first-order valence-electron chi connectivity index (χ1n) is 6.92. The lowest BCUT2D eigenvalue weighted by molar-refractivity contribution is 0.467. The first-order chi connectivity index (χ1) is 10.0. The SMILES string of the molecule is CCNCc1cc(S(=O)(=O)N(C)Cc2ccccc2)c[nH]1. The third-order valence-electron chi connectivity index (χ3n) is 3.24. The van der Waals surface area contributed by atoms with E-state index in [-0.39, 0.29) is 0 Å². The van der Waals surface area contributed by atoms with E-state index in [1.165, 1.54) is 4.31 Å². The Morgan fingerprint density at radius 3 is 2.62 bits per heavy atom. The second kappa shape index (κ2) is 6.89. The zero-order valence-corrected chi connectivity index (χ0v) is 13.2. The van der Waals surface area contributed by atoms with Crippen molar-refractivity contribution in [3.05, 3.63) is 53.9 Å². The fourth-order valence-electron chi connectivity index (χ4n) is 2.03. The number of hydrogen-bond donors (Lipinski definition) is 2. The molecule has 0 amide bonds. The Balaban J connectivity index is 2.11. The molecule has 0 aliphatic carbocycles. The molecule has 2 rings (SSSR count). The number of rotatable bonds is 7. The van der Waals surface area contributed by atoms with Crippen LogP contribution >= 0.6 is 0 Å². The van der Waals surface area contributed by atoms with Crippen LogP contribution in [-0.2, 0) is 23.1 Å². The minimum atomic E-state index is -3.47. The number of sulfonamides is 1. The molecule has 21 heavy (non-hydrogen) atoms. The van der Waals surface area contributed by atoms with Crippen LogP contribution in [0.25, 0.3) is 0 Å². The smallest absolute Gasteiger partial charge is 0.244 e. The minimum Gasteiger partial charge on any atom is -0.363 e. The van der Waals surface area contributed by atoms with Crippen LogP contribution in [-0.4, -0.2) is 31.3 Å². The van der Waals surface area contributed by atoms with Crippen molar-refractivity contribution < 1.29 is 8.42 Å². The monoisotopic (exact) mass is 307 g/mol. The summed E-state index contributed by atoms with van der Waals surface area (Å²) >= 11 is 0. The summed E-state index contributed by atoms with van der Waals surface area (Å²) in [5.41, 5.74) is 1.83. The van der Waals surface area contributed by atoms with Gasteiger partial charge in [-0.3, -0.25) is 0 Å². The molecule has 0 saturated carbocycles. The van der Waals surface area contributed by atoms with Gasteiger partial charge in [0.05, 0.1) is 4.90 Å². The maximum atomic E-state index is 12.5. The summed E-state index contributed by atoms with van der Waals surface area (Å²) in [5, 5.41) is 3.16. The van der Waals surface area contributed by atoms with E-state index in [0.717, 1.165) is 17.8 Å². The third-order valence-corrected chi connectivity index (χ3v) is 5.02. The van der Waals surface area contributed by atoms with E-state index in [0.29, 0.717) is 18.0 Å². The number of aromatic amines is 1. The standard InChI is InChI=1S/C15H21N3O2S/c1-3-16-10-14-9-15(11-17-14)21(19,20)18(2)12-13-7-5-4-6-8-13/h4-9,11,16-17H,3,10,12H2,1-2H3. The molecule has 0 bridgehead atoms. The van der Waals surface area contributed by atoms with Crippen LogP contribution in [0.1, 0.15) is 18.2 Å². The molecule has 5 nitrogen and oxygen atoms in total. The number of hydrogen-bond acceptors (Lipinski definition) is 3. The summed E-state index contributed by atoms with van der Waals surface area (Å²) in [6.07, 6.45) is 1.55. The van der Waals surface area contributed by atoms with E-state index in [1.54, 1.807) is 19.3 Å². The Morgan fingerprint density at radius 1 is 1.24 bits per heavy atom. The van der Waals surface area contributed by atoms with E-state index in [1.807, 2.05) is 37.3 Å². The average Bonchev–Trinajstić information content (AvgIpc) is 2.95. The maximum absolute atomic E-state index is 12.5. The number of nitrogens with one attached hydrogen (secondary N) is 2. The van der Waals surface area contributed by atoms with Gasteiger partial charge in [0.1, 0.15) is 0 Å². The molecule has 1 aromatic heterocycles. The lowest BCUT2D eigenvalue weighted by atomic mass is 10.2. The summed E-state index contributed by atoms with van der Waals surface area (Å²) in [6.45, 7) is 3.84. The molecule has 0 radical (unpaired) electrons. The van der Waals surface area contributed by atoms with Crippen LogP contribution in [0.5, 0.6) is 0 Å². The van der Waals surface area contributed by atoms with Gasteiger partial charge in [-0.1, -0.05) is 37.3 Å². The predicted octanol–water partition coefficient (Wildman–Crippen LogP) is 1.94. The second-order valence-corrected chi connectivity index (χ2v) is 6.93. The van der Waals surface area contributed by atoms with E-state index in [2.05, 4.69) is 10.3 Å². The van der Waals surface area contributed by atoms with Crippen LogP contribution in [0.15, 0.2) is 47.5 Å². The Bertz CT molecular complexity index is 665. The van der Waals surface area contributed by atoms with Crippen molar-refractivity contribution in [2.75, 3.05) is 13.6 Å². The quantitative estimate of drug-likeness (QED) is 0.821. The highest BCUT2D eigenvalue weighted by molar-refractivity contribution is 7.89. The first-order valence-corrected chi connectivity index (χ1v) is 8.36. The van der Waals surface area contributed by atoms with E-state index >= 15 is 0 Å². The molecule has 114 valence electrons. The zero-order chi connectivity index (χ0) is 15.3. The molecule has 0 saturated heterocycles. The van der Waals surface area contributed by atoms with Crippen LogP contribution < -0.4 is 5.32 Å². The Hall–Kier alpha value is -1.63. The summed E-state index contributed by atoms with van der Waals surface area (Å²) in [4.78, 5) is 3.30. The summed E-state index contributed by atoms with van der Waals surface area (Å²) in [5.74, 6) is 0. The average molecular weight is 307 g/mol. The predicted molar refractivity (Wildman–Crippen MR) is 83.3 cm³/mol. The molecule has 0 atom stereocenters. The fourth-order valence-corrected chi connectivity index (χ4v) is 3.21. The van der Waals surface area contributed by atoms with Crippen molar-refractivity contribution in [3.63, 3.8) is 0 Å². The van der Waals surface area contributed by atoms with Gasteiger partial charge in [0.2, 0.25) is 10.0 Å². The summed E-state index contributed by atoms with van der Waals surface area (Å²) < 4.78 is 26.4. The summed E-state index contributed by atoms with van der Waals surface area (Å²) in [6, 6.07) is 11.2. The lowest BCUT2D eigenvalue weighted by Gasteiger charge is -2.16. The van der Waals surface area contributed by atoms with E-state index in [4.69, 9.17) is 0 Å². The Morgan fingerprint density at radius 2 is 1.95 bits per heavy atom. The molecule has 6 heteroatoms. The van der Waals surface area contributed by atoms with Gasteiger partial charge >= 0.3 is 0 Å². The van der Waals surface area contributed by atoms with Gasteiger partial charge in [-0.2, -0.15) is 4.31 Å². The van der Waals surface area contributed by atoms with Gasteiger partial charge in [-0.25, -0.2) is 8.42 Å². The highest BCUT2D eigenvalue weighted by Gasteiger charge is 2.22. The molecule has 2 N–H and O–H groups in total. The molecule has 1 heterocycles. The summed E-state index contributed by atoms with van der Waals surface area (Å²) in [7, 11) is -1.87. The Labute approximate surface area is 126 Å². The third kappa shape index (κ3) is 3.93. The second-order valence-electron chi connectivity index (χ2n) is 4.89. The number of H-pyrrole nitrogens is 1. The molecular weight excluding hydrogens is 286 g/mol. The molecule has 0 aliphatic rings. The van der Waals surface area contributed by atoms with Gasteiger partial charge in [0, 0.05) is 32.0 Å². The largest absolute Gasteiger partial charge is 0.363 e. The van der Waals surface area contributed by atoms with Gasteiger partial charge in [-0.15, -0.1) is 0 Å². The van der Waals surface area contributed by atoms with Crippen molar-refractivity contribution in [2.45, 2.75) is 24.9 Å². The molecular formula is C15H21N3O2S. The molecule has 0 unspecified atom stereocenters. The normalized spacial score (nSPS) is 12.0. The molecule has 0 spiro atoms. The molecule has 1 aromatic carbocycles. The first kappa shape index (κ1) is 15.8. The topological polar surface area (TPSA) is 65.2 Å². The molecule has 0 fully saturated rings. The van der Waals surface area contributed by atoms with Crippen molar-refractivity contribution in [2.24, 2.45) is 0 Å². The maximum Gasteiger partial charge on any atom is 0.244 e. The van der Waals surface area contributed by atoms with Crippen molar-refractivity contribution >= 4 is 10.0 Å². The van der Waals surface area contributed by atoms with Crippen molar-refractivity contribution in [1.29, 1.82) is 0 Å². The lowest BCUT2D eigenvalue weighted by Crippen LogP contribution is -2.26.